The van der Waals surface area contributed by atoms with Crippen molar-refractivity contribution in [1.29, 1.82) is 0 Å². The number of rotatable bonds is 5. The van der Waals surface area contributed by atoms with Crippen LogP contribution >= 0.6 is 39.5 Å². The molecule has 0 aliphatic carbocycles. The Labute approximate surface area is 108 Å². The minimum absolute atomic E-state index is 0.229. The van der Waals surface area contributed by atoms with E-state index >= 15 is 0 Å². The lowest BCUT2D eigenvalue weighted by atomic mass is 10.1. The Morgan fingerprint density at radius 1 is 1.27 bits per heavy atom. The quantitative estimate of drug-likeness (QED) is 0.611. The first kappa shape index (κ1) is 13.1. The third kappa shape index (κ3) is 3.54. The van der Waals surface area contributed by atoms with E-state index in [1.165, 1.54) is 15.4 Å². The van der Waals surface area contributed by atoms with E-state index in [-0.39, 0.29) is 5.78 Å². The molecule has 1 rings (SSSR count). The van der Waals surface area contributed by atoms with Gasteiger partial charge in [0.25, 0.3) is 0 Å². The number of carbonyl (C=O) groups is 1. The lowest BCUT2D eigenvalue weighted by molar-refractivity contribution is -0.115. The van der Waals surface area contributed by atoms with Crippen molar-refractivity contribution in [3.8, 4) is 0 Å². The molecule has 1 aromatic carbocycles. The van der Waals surface area contributed by atoms with Gasteiger partial charge in [-0.1, -0.05) is 22.0 Å². The molecule has 0 aliphatic rings. The van der Waals surface area contributed by atoms with Crippen LogP contribution in [-0.2, 0) is 11.2 Å². The first-order valence-electron chi connectivity index (χ1n) is 4.50. The Kier molecular flexibility index (Phi) is 5.79. The average molecular weight is 305 g/mol. The van der Waals surface area contributed by atoms with Gasteiger partial charge in [-0.15, -0.1) is 23.5 Å². The second-order valence-electron chi connectivity index (χ2n) is 2.99. The largest absolute Gasteiger partial charge is 0.298 e. The van der Waals surface area contributed by atoms with Crippen molar-refractivity contribution in [1.82, 2.24) is 0 Å². The average Bonchev–Trinajstić information content (AvgIpc) is 2.29. The summed E-state index contributed by atoms with van der Waals surface area (Å²) in [6, 6.07) is 6.18. The molecule has 15 heavy (non-hydrogen) atoms. The molecule has 82 valence electrons. The molecule has 0 bridgehead atoms. The van der Waals surface area contributed by atoms with Gasteiger partial charge in [0.2, 0.25) is 0 Å². The van der Waals surface area contributed by atoms with Crippen LogP contribution in [0.4, 0.5) is 0 Å². The number of Topliss-reactive ketones (excluding diaryl/α,β-unsaturated/α-hetero) is 1. The normalized spacial score (nSPS) is 10.3. The van der Waals surface area contributed by atoms with Crippen LogP contribution in [-0.4, -0.2) is 23.6 Å². The standard InChI is InChI=1S/C11H13BrOS2/c1-14-10-4-3-5-11(15-2)9(10)6-8(13)7-12/h3-5H,6-7H2,1-2H3. The van der Waals surface area contributed by atoms with E-state index in [0.717, 1.165) is 0 Å². The van der Waals surface area contributed by atoms with Crippen molar-refractivity contribution in [2.45, 2.75) is 16.2 Å². The number of benzene rings is 1. The maximum absolute atomic E-state index is 11.5. The highest BCUT2D eigenvalue weighted by Crippen LogP contribution is 2.29. The maximum Gasteiger partial charge on any atom is 0.147 e. The monoisotopic (exact) mass is 304 g/mol. The van der Waals surface area contributed by atoms with Crippen molar-refractivity contribution in [2.75, 3.05) is 17.8 Å². The van der Waals surface area contributed by atoms with Crippen LogP contribution in [0.2, 0.25) is 0 Å². The van der Waals surface area contributed by atoms with E-state index in [4.69, 9.17) is 0 Å². The van der Waals surface area contributed by atoms with Crippen LogP contribution in [0.1, 0.15) is 5.56 Å². The highest BCUT2D eigenvalue weighted by atomic mass is 79.9. The minimum Gasteiger partial charge on any atom is -0.298 e. The predicted molar refractivity (Wildman–Crippen MR) is 72.5 cm³/mol. The third-order valence-electron chi connectivity index (χ3n) is 2.05. The third-order valence-corrected chi connectivity index (χ3v) is 4.32. The molecular weight excluding hydrogens is 292 g/mol. The van der Waals surface area contributed by atoms with E-state index in [1.807, 2.05) is 18.6 Å². The van der Waals surface area contributed by atoms with Crippen molar-refractivity contribution < 1.29 is 4.79 Å². The van der Waals surface area contributed by atoms with Crippen molar-refractivity contribution in [2.24, 2.45) is 0 Å². The van der Waals surface area contributed by atoms with Gasteiger partial charge in [-0.25, -0.2) is 0 Å². The molecule has 4 heteroatoms. The first-order chi connectivity index (χ1) is 7.22. The van der Waals surface area contributed by atoms with Crippen LogP contribution in [0.15, 0.2) is 28.0 Å². The number of alkyl halides is 1. The van der Waals surface area contributed by atoms with Gasteiger partial charge in [-0.2, -0.15) is 0 Å². The molecule has 0 aromatic heterocycles. The summed E-state index contributed by atoms with van der Waals surface area (Å²) in [5.74, 6) is 0.229. The van der Waals surface area contributed by atoms with Gasteiger partial charge in [-0.3, -0.25) is 4.79 Å². The number of hydrogen-bond donors (Lipinski definition) is 0. The topological polar surface area (TPSA) is 17.1 Å². The first-order valence-corrected chi connectivity index (χ1v) is 8.07. The fourth-order valence-corrected chi connectivity index (χ4v) is 2.90. The molecule has 0 saturated heterocycles. The molecule has 0 heterocycles. The van der Waals surface area contributed by atoms with Gasteiger partial charge in [0, 0.05) is 16.2 Å². The molecule has 0 spiro atoms. The number of ketones is 1. The fourth-order valence-electron chi connectivity index (χ4n) is 1.35. The van der Waals surface area contributed by atoms with Crippen molar-refractivity contribution >= 4 is 45.2 Å². The molecule has 1 nitrogen and oxygen atoms in total. The van der Waals surface area contributed by atoms with Crippen LogP contribution in [0.25, 0.3) is 0 Å². The summed E-state index contributed by atoms with van der Waals surface area (Å²) < 4.78 is 0. The number of halogens is 1. The van der Waals surface area contributed by atoms with E-state index in [2.05, 4.69) is 28.1 Å². The minimum atomic E-state index is 0.229. The zero-order valence-electron chi connectivity index (χ0n) is 8.75. The SMILES string of the molecule is CSc1cccc(SC)c1CC(=O)CBr. The lowest BCUT2D eigenvalue weighted by Crippen LogP contribution is -2.05. The molecule has 0 atom stereocenters. The lowest BCUT2D eigenvalue weighted by Gasteiger charge is -2.10. The smallest absolute Gasteiger partial charge is 0.147 e. The van der Waals surface area contributed by atoms with Gasteiger partial charge >= 0.3 is 0 Å². The van der Waals surface area contributed by atoms with Crippen molar-refractivity contribution in [3.05, 3.63) is 23.8 Å². The molecular formula is C11H13BrOS2. The zero-order valence-corrected chi connectivity index (χ0v) is 12.0. The highest BCUT2D eigenvalue weighted by Gasteiger charge is 2.10. The number of carbonyl (C=O) groups excluding carboxylic acids is 1. The van der Waals surface area contributed by atoms with E-state index in [9.17, 15) is 4.79 Å². The molecule has 0 radical (unpaired) electrons. The Morgan fingerprint density at radius 3 is 2.20 bits per heavy atom. The zero-order chi connectivity index (χ0) is 11.3. The molecule has 0 saturated carbocycles. The summed E-state index contributed by atoms with van der Waals surface area (Å²) in [6.45, 7) is 0. The van der Waals surface area contributed by atoms with Crippen LogP contribution < -0.4 is 0 Å². The molecule has 0 fully saturated rings. The molecule has 1 aromatic rings. The van der Waals surface area contributed by atoms with E-state index < -0.39 is 0 Å². The van der Waals surface area contributed by atoms with Crippen LogP contribution in [0.3, 0.4) is 0 Å². The molecule has 0 N–H and O–H groups in total. The molecule has 0 amide bonds. The second-order valence-corrected chi connectivity index (χ2v) is 5.25. The molecule has 0 aliphatic heterocycles. The summed E-state index contributed by atoms with van der Waals surface area (Å²) in [7, 11) is 0. The van der Waals surface area contributed by atoms with Gasteiger partial charge < -0.3 is 0 Å². The Hall–Kier alpha value is 0.0700. The van der Waals surface area contributed by atoms with Gasteiger partial charge in [0.05, 0.1) is 5.33 Å². The fraction of sp³-hybridized carbons (Fsp3) is 0.364. The Balaban J connectivity index is 3.05. The summed E-state index contributed by atoms with van der Waals surface area (Å²) in [5, 5.41) is 0.434. The number of thioether (sulfide) groups is 2. The second kappa shape index (κ2) is 6.61. The van der Waals surface area contributed by atoms with Crippen LogP contribution in [0.5, 0.6) is 0 Å². The Bertz CT molecular complexity index is 330. The maximum atomic E-state index is 11.5. The summed E-state index contributed by atoms with van der Waals surface area (Å²) in [5.41, 5.74) is 1.17. The summed E-state index contributed by atoms with van der Waals surface area (Å²) in [6.07, 6.45) is 4.61. The van der Waals surface area contributed by atoms with Crippen LogP contribution in [0, 0.1) is 0 Å². The van der Waals surface area contributed by atoms with Gasteiger partial charge in [0.1, 0.15) is 5.78 Å². The van der Waals surface area contributed by atoms with Gasteiger partial charge in [-0.05, 0) is 30.2 Å². The molecule has 0 unspecified atom stereocenters. The Morgan fingerprint density at radius 2 is 1.80 bits per heavy atom. The van der Waals surface area contributed by atoms with Crippen molar-refractivity contribution in [3.63, 3.8) is 0 Å². The summed E-state index contributed by atoms with van der Waals surface area (Å²) in [4.78, 5) is 13.9. The van der Waals surface area contributed by atoms with E-state index in [0.29, 0.717) is 11.8 Å². The van der Waals surface area contributed by atoms with E-state index in [1.54, 1.807) is 23.5 Å². The predicted octanol–water partition coefficient (Wildman–Crippen LogP) is 3.64. The highest BCUT2D eigenvalue weighted by molar-refractivity contribution is 9.09. The van der Waals surface area contributed by atoms with Gasteiger partial charge in [0.15, 0.2) is 0 Å². The number of hydrogen-bond acceptors (Lipinski definition) is 3. The summed E-state index contributed by atoms with van der Waals surface area (Å²) >= 11 is 6.60.